The molecule has 0 heterocycles. The van der Waals surface area contributed by atoms with Gasteiger partial charge in [-0.1, -0.05) is 19.1 Å². The zero-order valence-electron chi connectivity index (χ0n) is 9.86. The van der Waals surface area contributed by atoms with Crippen LogP contribution in [0.15, 0.2) is 24.3 Å². The molecule has 90 valence electrons. The lowest BCUT2D eigenvalue weighted by Gasteiger charge is -2.09. The Kier molecular flexibility index (Phi) is 6.34. The van der Waals surface area contributed by atoms with Gasteiger partial charge in [0.1, 0.15) is 0 Å². The lowest BCUT2D eigenvalue weighted by Crippen LogP contribution is -2.01. The minimum Gasteiger partial charge on any atom is -0.399 e. The summed E-state index contributed by atoms with van der Waals surface area (Å²) in [5.74, 6) is 1.15. The lowest BCUT2D eigenvalue weighted by molar-refractivity contribution is 0.289. The highest BCUT2D eigenvalue weighted by Crippen LogP contribution is 2.16. The topological polar surface area (TPSA) is 46.2 Å². The summed E-state index contributed by atoms with van der Waals surface area (Å²) < 4.78 is 0. The third-order valence-electron chi connectivity index (χ3n) is 2.50. The van der Waals surface area contributed by atoms with Gasteiger partial charge < -0.3 is 10.8 Å². The first kappa shape index (κ1) is 13.4. The van der Waals surface area contributed by atoms with Gasteiger partial charge in [-0.3, -0.25) is 0 Å². The molecule has 16 heavy (non-hydrogen) atoms. The van der Waals surface area contributed by atoms with Crippen molar-refractivity contribution >= 4 is 17.4 Å². The van der Waals surface area contributed by atoms with Crippen LogP contribution in [0.25, 0.3) is 0 Å². The van der Waals surface area contributed by atoms with Gasteiger partial charge in [0.05, 0.1) is 0 Å². The number of aliphatic hydroxyl groups is 1. The van der Waals surface area contributed by atoms with Crippen molar-refractivity contribution in [1.82, 2.24) is 0 Å². The van der Waals surface area contributed by atoms with E-state index in [0.717, 1.165) is 24.3 Å². The van der Waals surface area contributed by atoms with E-state index in [-0.39, 0.29) is 0 Å². The highest BCUT2D eigenvalue weighted by Gasteiger charge is 2.01. The van der Waals surface area contributed by atoms with Crippen LogP contribution in [0.3, 0.4) is 0 Å². The molecule has 0 bridgehead atoms. The summed E-state index contributed by atoms with van der Waals surface area (Å²) in [7, 11) is 0. The second-order valence-electron chi connectivity index (χ2n) is 4.04. The number of hydrogen-bond donors (Lipinski definition) is 2. The summed E-state index contributed by atoms with van der Waals surface area (Å²) in [4.78, 5) is 0. The van der Waals surface area contributed by atoms with Gasteiger partial charge in [0, 0.05) is 17.5 Å². The number of thioether (sulfide) groups is 1. The van der Waals surface area contributed by atoms with Gasteiger partial charge in [-0.05, 0) is 42.7 Å². The number of nitrogens with two attached hydrogens (primary N) is 1. The Morgan fingerprint density at radius 1 is 1.44 bits per heavy atom. The van der Waals surface area contributed by atoms with Crippen molar-refractivity contribution in [1.29, 1.82) is 0 Å². The molecular formula is C13H21NOS. The Bertz CT molecular complexity index is 304. The molecule has 1 atom stereocenters. The van der Waals surface area contributed by atoms with Crippen LogP contribution in [0.2, 0.25) is 0 Å². The summed E-state index contributed by atoms with van der Waals surface area (Å²) in [5.41, 5.74) is 7.88. The van der Waals surface area contributed by atoms with Gasteiger partial charge in [0.15, 0.2) is 0 Å². The van der Waals surface area contributed by atoms with Crippen LogP contribution in [-0.2, 0) is 6.42 Å². The molecule has 2 nitrogen and oxygen atoms in total. The Balaban J connectivity index is 2.16. The number of anilines is 1. The maximum Gasteiger partial charge on any atom is 0.0441 e. The van der Waals surface area contributed by atoms with Gasteiger partial charge in [-0.25, -0.2) is 0 Å². The highest BCUT2D eigenvalue weighted by atomic mass is 32.2. The zero-order chi connectivity index (χ0) is 11.8. The molecular weight excluding hydrogens is 218 g/mol. The van der Waals surface area contributed by atoms with Crippen molar-refractivity contribution < 1.29 is 5.11 Å². The van der Waals surface area contributed by atoms with Gasteiger partial charge in [0.25, 0.3) is 0 Å². The molecule has 0 fully saturated rings. The van der Waals surface area contributed by atoms with Crippen molar-refractivity contribution in [3.05, 3.63) is 29.8 Å². The first-order chi connectivity index (χ1) is 7.72. The van der Waals surface area contributed by atoms with E-state index in [4.69, 9.17) is 10.8 Å². The van der Waals surface area contributed by atoms with Gasteiger partial charge in [-0.2, -0.15) is 11.8 Å². The molecule has 0 aliphatic carbocycles. The fraction of sp³-hybridized carbons (Fsp3) is 0.538. The normalized spacial score (nSPS) is 12.6. The zero-order valence-corrected chi connectivity index (χ0v) is 10.7. The Morgan fingerprint density at radius 3 is 2.94 bits per heavy atom. The lowest BCUT2D eigenvalue weighted by atomic mass is 10.1. The van der Waals surface area contributed by atoms with E-state index >= 15 is 0 Å². The molecule has 0 amide bonds. The summed E-state index contributed by atoms with van der Waals surface area (Å²) in [6.45, 7) is 2.46. The summed E-state index contributed by atoms with van der Waals surface area (Å²) >= 11 is 1.93. The van der Waals surface area contributed by atoms with E-state index in [9.17, 15) is 0 Å². The summed E-state index contributed by atoms with van der Waals surface area (Å²) in [5, 5.41) is 9.34. The fourth-order valence-electron chi connectivity index (χ4n) is 1.57. The molecule has 1 aromatic rings. The number of benzene rings is 1. The van der Waals surface area contributed by atoms with Crippen molar-refractivity contribution in [3.8, 4) is 0 Å². The second kappa shape index (κ2) is 7.58. The van der Waals surface area contributed by atoms with E-state index in [1.165, 1.54) is 12.0 Å². The number of aliphatic hydroxyl groups excluding tert-OH is 1. The van der Waals surface area contributed by atoms with E-state index < -0.39 is 0 Å². The van der Waals surface area contributed by atoms with Crippen molar-refractivity contribution in [2.45, 2.75) is 31.4 Å². The van der Waals surface area contributed by atoms with Gasteiger partial charge >= 0.3 is 0 Å². The van der Waals surface area contributed by atoms with Crippen molar-refractivity contribution in [3.63, 3.8) is 0 Å². The van der Waals surface area contributed by atoms with E-state index in [1.807, 2.05) is 30.0 Å². The molecule has 0 saturated heterocycles. The molecule has 1 unspecified atom stereocenters. The molecule has 0 aromatic heterocycles. The first-order valence-corrected chi connectivity index (χ1v) is 6.84. The van der Waals surface area contributed by atoms with Crippen LogP contribution in [0, 0.1) is 0 Å². The predicted molar refractivity (Wildman–Crippen MR) is 72.8 cm³/mol. The number of hydrogen-bond acceptors (Lipinski definition) is 3. The predicted octanol–water partition coefficient (Wildman–Crippen LogP) is 2.71. The molecule has 0 spiro atoms. The highest BCUT2D eigenvalue weighted by molar-refractivity contribution is 7.99. The average Bonchev–Trinajstić information content (AvgIpc) is 2.25. The monoisotopic (exact) mass is 239 g/mol. The van der Waals surface area contributed by atoms with Crippen LogP contribution >= 0.6 is 11.8 Å². The molecule has 0 aliphatic heterocycles. The van der Waals surface area contributed by atoms with E-state index in [2.05, 4.69) is 13.0 Å². The Labute approximate surface area is 102 Å². The van der Waals surface area contributed by atoms with E-state index in [0.29, 0.717) is 11.9 Å². The number of aryl methyl sites for hydroxylation is 1. The van der Waals surface area contributed by atoms with Crippen LogP contribution < -0.4 is 5.73 Å². The molecule has 3 N–H and O–H groups in total. The van der Waals surface area contributed by atoms with E-state index in [1.54, 1.807) is 0 Å². The maximum atomic E-state index is 8.77. The minimum absolute atomic E-state index is 0.295. The third kappa shape index (κ3) is 5.42. The minimum atomic E-state index is 0.295. The Hall–Kier alpha value is -0.670. The molecule has 1 aromatic carbocycles. The van der Waals surface area contributed by atoms with Crippen LogP contribution in [0.4, 0.5) is 5.69 Å². The van der Waals surface area contributed by atoms with Crippen LogP contribution in [-0.4, -0.2) is 22.7 Å². The average molecular weight is 239 g/mol. The summed E-state index contributed by atoms with van der Waals surface area (Å²) in [6, 6.07) is 8.09. The van der Waals surface area contributed by atoms with Crippen molar-refractivity contribution in [2.24, 2.45) is 0 Å². The standard InChI is InChI=1S/C13H21NOS/c1-11(7-8-15)16-9-3-5-12-4-2-6-13(14)10-12/h2,4,6,10-11,15H,3,5,7-9,14H2,1H3. The van der Waals surface area contributed by atoms with Gasteiger partial charge in [-0.15, -0.1) is 0 Å². The smallest absolute Gasteiger partial charge is 0.0441 e. The largest absolute Gasteiger partial charge is 0.399 e. The molecule has 0 radical (unpaired) electrons. The molecule has 3 heteroatoms. The Morgan fingerprint density at radius 2 is 2.25 bits per heavy atom. The number of nitrogen functional groups attached to an aromatic ring is 1. The molecule has 0 saturated carbocycles. The number of rotatable bonds is 7. The first-order valence-electron chi connectivity index (χ1n) is 5.79. The molecule has 1 rings (SSSR count). The third-order valence-corrected chi connectivity index (χ3v) is 3.83. The van der Waals surface area contributed by atoms with Crippen LogP contribution in [0.5, 0.6) is 0 Å². The van der Waals surface area contributed by atoms with Crippen molar-refractivity contribution in [2.75, 3.05) is 18.1 Å². The second-order valence-corrected chi connectivity index (χ2v) is 5.59. The summed E-state index contributed by atoms with van der Waals surface area (Å²) in [6.07, 6.45) is 3.15. The van der Waals surface area contributed by atoms with Gasteiger partial charge in [0.2, 0.25) is 0 Å². The molecule has 0 aliphatic rings. The fourth-order valence-corrected chi connectivity index (χ4v) is 2.56. The SMILES string of the molecule is CC(CCO)SCCCc1cccc(N)c1. The maximum absolute atomic E-state index is 8.77. The quantitative estimate of drug-likeness (QED) is 0.568. The van der Waals surface area contributed by atoms with Crippen LogP contribution in [0.1, 0.15) is 25.3 Å².